The highest BCUT2D eigenvalue weighted by Crippen LogP contribution is 2.10. The van der Waals surface area contributed by atoms with Crippen molar-refractivity contribution in [2.24, 2.45) is 0 Å². The van der Waals surface area contributed by atoms with E-state index in [4.69, 9.17) is 4.52 Å². The van der Waals surface area contributed by atoms with Crippen molar-refractivity contribution < 1.29 is 9.32 Å². The maximum atomic E-state index is 10.8. The Morgan fingerprint density at radius 3 is 2.33 bits per heavy atom. The number of carbonyl (C=O) groups is 1. The molecule has 0 saturated heterocycles. The predicted molar refractivity (Wildman–Crippen MR) is 52.8 cm³/mol. The molecule has 3 atom stereocenters. The Bertz CT molecular complexity index is 137. The molecule has 0 bridgehead atoms. The van der Waals surface area contributed by atoms with Crippen LogP contribution in [0.4, 0.5) is 0 Å². The molecular formula is C8H18NO2P. The molecule has 0 aromatic rings. The van der Waals surface area contributed by atoms with E-state index in [0.29, 0.717) is 0 Å². The Hall–Kier alpha value is -0.140. The zero-order valence-electron chi connectivity index (χ0n) is 7.96. The Morgan fingerprint density at radius 1 is 1.50 bits per heavy atom. The topological polar surface area (TPSA) is 38.3 Å². The SMILES string of the molecule is CCC(NC(C)=O)C(CC)OP. The molecule has 0 heterocycles. The summed E-state index contributed by atoms with van der Waals surface area (Å²) in [7, 11) is 2.25. The highest BCUT2D eigenvalue weighted by Gasteiger charge is 2.17. The first-order valence-electron chi connectivity index (χ1n) is 4.28. The summed E-state index contributed by atoms with van der Waals surface area (Å²) in [4.78, 5) is 10.8. The molecule has 0 radical (unpaired) electrons. The maximum Gasteiger partial charge on any atom is 0.217 e. The van der Waals surface area contributed by atoms with Gasteiger partial charge in [-0.2, -0.15) is 0 Å². The molecule has 1 N–H and O–H groups in total. The van der Waals surface area contributed by atoms with Crippen molar-refractivity contribution in [3.8, 4) is 0 Å². The van der Waals surface area contributed by atoms with E-state index in [1.54, 1.807) is 0 Å². The maximum absolute atomic E-state index is 10.8. The molecule has 0 spiro atoms. The monoisotopic (exact) mass is 191 g/mol. The number of rotatable bonds is 5. The minimum atomic E-state index is 0.00218. The van der Waals surface area contributed by atoms with Crippen LogP contribution in [0.1, 0.15) is 33.6 Å². The molecule has 3 unspecified atom stereocenters. The molecule has 4 heteroatoms. The van der Waals surface area contributed by atoms with Crippen LogP contribution in [-0.4, -0.2) is 18.1 Å². The summed E-state index contributed by atoms with van der Waals surface area (Å²) in [6.07, 6.45) is 1.90. The first-order valence-corrected chi connectivity index (χ1v) is 4.75. The lowest BCUT2D eigenvalue weighted by atomic mass is 10.1. The molecule has 0 aromatic heterocycles. The van der Waals surface area contributed by atoms with Crippen LogP contribution in [0.5, 0.6) is 0 Å². The van der Waals surface area contributed by atoms with E-state index in [9.17, 15) is 4.79 Å². The summed E-state index contributed by atoms with van der Waals surface area (Å²) < 4.78 is 5.16. The van der Waals surface area contributed by atoms with Crippen LogP contribution in [0.15, 0.2) is 0 Å². The highest BCUT2D eigenvalue weighted by atomic mass is 31.0. The molecule has 0 aliphatic rings. The Balaban J connectivity index is 4.01. The van der Waals surface area contributed by atoms with Crippen molar-refractivity contribution in [3.63, 3.8) is 0 Å². The smallest absolute Gasteiger partial charge is 0.217 e. The first kappa shape index (κ1) is 11.9. The van der Waals surface area contributed by atoms with E-state index < -0.39 is 0 Å². The lowest BCUT2D eigenvalue weighted by Crippen LogP contribution is -2.41. The van der Waals surface area contributed by atoms with Crippen LogP contribution in [-0.2, 0) is 9.32 Å². The van der Waals surface area contributed by atoms with Gasteiger partial charge in [0.15, 0.2) is 0 Å². The van der Waals surface area contributed by atoms with Gasteiger partial charge in [0.25, 0.3) is 0 Å². The van der Waals surface area contributed by atoms with Crippen LogP contribution >= 0.6 is 9.47 Å². The summed E-state index contributed by atoms with van der Waals surface area (Å²) >= 11 is 0. The molecule has 72 valence electrons. The van der Waals surface area contributed by atoms with Crippen molar-refractivity contribution in [1.82, 2.24) is 5.32 Å². The minimum absolute atomic E-state index is 0.00218. The Morgan fingerprint density at radius 2 is 2.08 bits per heavy atom. The molecule has 3 nitrogen and oxygen atoms in total. The average molecular weight is 191 g/mol. The molecule has 1 amide bonds. The highest BCUT2D eigenvalue weighted by molar-refractivity contribution is 7.09. The van der Waals surface area contributed by atoms with E-state index in [1.165, 1.54) is 6.92 Å². The standard InChI is InChI=1S/C8H18NO2P/c1-4-7(9-6(3)10)8(5-2)11-12/h7-8H,4-5,12H2,1-3H3,(H,9,10). The van der Waals surface area contributed by atoms with E-state index in [1.807, 2.05) is 13.8 Å². The fraction of sp³-hybridized carbons (Fsp3) is 0.875. The fourth-order valence-electron chi connectivity index (χ4n) is 1.19. The van der Waals surface area contributed by atoms with E-state index >= 15 is 0 Å². The van der Waals surface area contributed by atoms with Crippen molar-refractivity contribution in [3.05, 3.63) is 0 Å². The van der Waals surface area contributed by atoms with Gasteiger partial charge in [0.2, 0.25) is 5.91 Å². The third-order valence-electron chi connectivity index (χ3n) is 1.85. The second kappa shape index (κ2) is 6.38. The molecule has 0 rings (SSSR count). The van der Waals surface area contributed by atoms with Crippen LogP contribution in [0.25, 0.3) is 0 Å². The van der Waals surface area contributed by atoms with Gasteiger partial charge in [-0.25, -0.2) is 0 Å². The second-order valence-corrected chi connectivity index (χ2v) is 3.07. The Kier molecular flexibility index (Phi) is 6.31. The van der Waals surface area contributed by atoms with Crippen molar-refractivity contribution >= 4 is 15.4 Å². The van der Waals surface area contributed by atoms with Gasteiger partial charge in [0.05, 0.1) is 12.1 Å². The Labute approximate surface area is 76.5 Å². The number of nitrogens with one attached hydrogen (secondary N) is 1. The zero-order valence-corrected chi connectivity index (χ0v) is 9.12. The van der Waals surface area contributed by atoms with Crippen LogP contribution < -0.4 is 5.32 Å². The number of amides is 1. The fourth-order valence-corrected chi connectivity index (χ4v) is 1.58. The van der Waals surface area contributed by atoms with Gasteiger partial charge >= 0.3 is 0 Å². The van der Waals surface area contributed by atoms with Gasteiger partial charge in [0, 0.05) is 16.4 Å². The van der Waals surface area contributed by atoms with Gasteiger partial charge < -0.3 is 9.84 Å². The molecule has 0 aliphatic carbocycles. The normalized spacial score (nSPS) is 15.3. The first-order chi connectivity index (χ1) is 5.65. The molecule has 0 aromatic carbocycles. The molecular weight excluding hydrogens is 173 g/mol. The summed E-state index contributed by atoms with van der Waals surface area (Å²) in [5.74, 6) is 0.00218. The quantitative estimate of drug-likeness (QED) is 0.668. The third kappa shape index (κ3) is 4.03. The lowest BCUT2D eigenvalue weighted by Gasteiger charge is -2.23. The lowest BCUT2D eigenvalue weighted by molar-refractivity contribution is -0.120. The molecule has 0 fully saturated rings. The minimum Gasteiger partial charge on any atom is -0.360 e. The summed E-state index contributed by atoms with van der Waals surface area (Å²) in [6, 6.07) is 0.130. The van der Waals surface area contributed by atoms with E-state index in [-0.39, 0.29) is 18.1 Å². The van der Waals surface area contributed by atoms with Gasteiger partial charge in [-0.05, 0) is 12.8 Å². The summed E-state index contributed by atoms with van der Waals surface area (Å²) in [5, 5.41) is 2.85. The van der Waals surface area contributed by atoms with Crippen LogP contribution in [0.3, 0.4) is 0 Å². The zero-order chi connectivity index (χ0) is 9.56. The second-order valence-electron chi connectivity index (χ2n) is 2.80. The number of carbonyl (C=O) groups excluding carboxylic acids is 1. The third-order valence-corrected chi connectivity index (χ3v) is 2.20. The number of hydrogen-bond donors (Lipinski definition) is 1. The largest absolute Gasteiger partial charge is 0.360 e. The van der Waals surface area contributed by atoms with Gasteiger partial charge in [-0.1, -0.05) is 13.8 Å². The molecule has 0 saturated carbocycles. The van der Waals surface area contributed by atoms with Gasteiger partial charge in [0.1, 0.15) is 0 Å². The molecule has 0 aliphatic heterocycles. The van der Waals surface area contributed by atoms with Crippen molar-refractivity contribution in [1.29, 1.82) is 0 Å². The van der Waals surface area contributed by atoms with Crippen LogP contribution in [0, 0.1) is 0 Å². The van der Waals surface area contributed by atoms with E-state index in [2.05, 4.69) is 14.8 Å². The predicted octanol–water partition coefficient (Wildman–Crippen LogP) is 1.49. The summed E-state index contributed by atoms with van der Waals surface area (Å²) in [6.45, 7) is 5.60. The summed E-state index contributed by atoms with van der Waals surface area (Å²) in [5.41, 5.74) is 0. The van der Waals surface area contributed by atoms with Gasteiger partial charge in [-0.3, -0.25) is 4.79 Å². The van der Waals surface area contributed by atoms with Crippen molar-refractivity contribution in [2.75, 3.05) is 0 Å². The van der Waals surface area contributed by atoms with Gasteiger partial charge in [-0.15, -0.1) is 0 Å². The van der Waals surface area contributed by atoms with Crippen LogP contribution in [0.2, 0.25) is 0 Å². The number of hydrogen-bond acceptors (Lipinski definition) is 2. The van der Waals surface area contributed by atoms with E-state index in [0.717, 1.165) is 12.8 Å². The molecule has 12 heavy (non-hydrogen) atoms. The average Bonchev–Trinajstić information content (AvgIpc) is 2.04. The van der Waals surface area contributed by atoms with Crippen molar-refractivity contribution in [2.45, 2.75) is 45.8 Å².